The summed E-state index contributed by atoms with van der Waals surface area (Å²) in [6.07, 6.45) is 3.07. The molecule has 0 unspecified atom stereocenters. The Morgan fingerprint density at radius 1 is 1.27 bits per heavy atom. The number of hydrogen-bond acceptors (Lipinski definition) is 1. The Morgan fingerprint density at radius 3 is 2.67 bits per heavy atom. The Balaban J connectivity index is 2.49. The third-order valence-electron chi connectivity index (χ3n) is 2.39. The molecule has 78 valence electrons. The lowest BCUT2D eigenvalue weighted by Crippen LogP contribution is -1.98. The molecule has 0 saturated heterocycles. The summed E-state index contributed by atoms with van der Waals surface area (Å²) in [6, 6.07) is 10.3. The Hall–Kier alpha value is -1.35. The summed E-state index contributed by atoms with van der Waals surface area (Å²) in [4.78, 5) is 3.10. The van der Waals surface area contributed by atoms with E-state index in [9.17, 15) is 0 Å². The molecule has 0 aliphatic heterocycles. The summed E-state index contributed by atoms with van der Waals surface area (Å²) in [7, 11) is 0. The molecule has 2 nitrogen and oxygen atoms in total. The third-order valence-corrected chi connectivity index (χ3v) is 2.72. The molecular formula is C12H14N2S. The first-order chi connectivity index (χ1) is 7.33. The molecule has 1 aromatic carbocycles. The predicted molar refractivity (Wildman–Crippen MR) is 65.3 cm³/mol. The maximum Gasteiger partial charge on any atom is 0.177 e. The van der Waals surface area contributed by atoms with Gasteiger partial charge in [-0.1, -0.05) is 37.3 Å². The van der Waals surface area contributed by atoms with Gasteiger partial charge in [-0.15, -0.1) is 0 Å². The van der Waals surface area contributed by atoms with Gasteiger partial charge in [0.25, 0.3) is 0 Å². The van der Waals surface area contributed by atoms with Crippen molar-refractivity contribution in [2.75, 3.05) is 0 Å². The lowest BCUT2D eigenvalue weighted by Gasteiger charge is -2.06. The van der Waals surface area contributed by atoms with Gasteiger partial charge in [0, 0.05) is 12.7 Å². The molecule has 0 spiro atoms. The predicted octanol–water partition coefficient (Wildman–Crippen LogP) is 3.62. The quantitative estimate of drug-likeness (QED) is 0.780. The number of nitrogens with zero attached hydrogens (tertiary/aromatic N) is 1. The number of H-pyrrole nitrogens is 1. The summed E-state index contributed by atoms with van der Waals surface area (Å²) < 4.78 is 2.95. The van der Waals surface area contributed by atoms with Crippen LogP contribution in [0.1, 0.15) is 13.3 Å². The van der Waals surface area contributed by atoms with E-state index in [1.165, 1.54) is 11.3 Å². The smallest absolute Gasteiger partial charge is 0.177 e. The third kappa shape index (κ3) is 2.02. The normalized spacial score (nSPS) is 10.5. The maximum atomic E-state index is 5.25. The second kappa shape index (κ2) is 4.45. The average Bonchev–Trinajstić information content (AvgIpc) is 2.63. The standard InChI is InChI=1S/C12H14N2S/c1-2-8-14-11(9-13-12(14)15)10-6-4-3-5-7-10/h3-7,9H,2,8H2,1H3,(H,13,15). The van der Waals surface area contributed by atoms with E-state index in [-0.39, 0.29) is 0 Å². The molecule has 1 aromatic heterocycles. The molecule has 1 N–H and O–H groups in total. The van der Waals surface area contributed by atoms with Crippen LogP contribution >= 0.6 is 12.2 Å². The van der Waals surface area contributed by atoms with Crippen molar-refractivity contribution in [2.45, 2.75) is 19.9 Å². The van der Waals surface area contributed by atoms with Gasteiger partial charge in [0.1, 0.15) is 0 Å². The Labute approximate surface area is 94.6 Å². The Bertz CT molecular complexity index is 482. The van der Waals surface area contributed by atoms with Crippen LogP contribution in [0.3, 0.4) is 0 Å². The highest BCUT2D eigenvalue weighted by Crippen LogP contribution is 2.19. The van der Waals surface area contributed by atoms with E-state index in [0.717, 1.165) is 17.7 Å². The van der Waals surface area contributed by atoms with E-state index >= 15 is 0 Å². The molecule has 3 heteroatoms. The lowest BCUT2D eigenvalue weighted by atomic mass is 10.2. The monoisotopic (exact) mass is 218 g/mol. The summed E-state index contributed by atoms with van der Waals surface area (Å²) in [5, 5.41) is 0. The highest BCUT2D eigenvalue weighted by atomic mass is 32.1. The van der Waals surface area contributed by atoms with Crippen molar-refractivity contribution in [2.24, 2.45) is 0 Å². The molecule has 0 bridgehead atoms. The van der Waals surface area contributed by atoms with Gasteiger partial charge in [0.15, 0.2) is 4.77 Å². The molecule has 0 radical (unpaired) electrons. The van der Waals surface area contributed by atoms with Gasteiger partial charge < -0.3 is 9.55 Å². The highest BCUT2D eigenvalue weighted by molar-refractivity contribution is 7.71. The van der Waals surface area contributed by atoms with Crippen LogP contribution in [0.2, 0.25) is 0 Å². The number of aromatic nitrogens is 2. The number of imidazole rings is 1. The summed E-state index contributed by atoms with van der Waals surface area (Å²) in [6.45, 7) is 3.12. The van der Waals surface area contributed by atoms with Gasteiger partial charge >= 0.3 is 0 Å². The van der Waals surface area contributed by atoms with Gasteiger partial charge in [-0.3, -0.25) is 0 Å². The highest BCUT2D eigenvalue weighted by Gasteiger charge is 2.04. The second-order valence-electron chi connectivity index (χ2n) is 3.50. The maximum absolute atomic E-state index is 5.25. The number of nitrogens with one attached hydrogen (secondary N) is 1. The van der Waals surface area contributed by atoms with Crippen LogP contribution < -0.4 is 0 Å². The Morgan fingerprint density at radius 2 is 2.00 bits per heavy atom. The molecule has 0 fully saturated rings. The molecule has 0 saturated carbocycles. The van der Waals surface area contributed by atoms with Crippen LogP contribution in [0.4, 0.5) is 0 Å². The van der Waals surface area contributed by atoms with Crippen molar-refractivity contribution >= 4 is 12.2 Å². The van der Waals surface area contributed by atoms with Crippen LogP contribution in [0.25, 0.3) is 11.3 Å². The van der Waals surface area contributed by atoms with E-state index in [1.54, 1.807) is 0 Å². The van der Waals surface area contributed by atoms with Crippen LogP contribution in [0, 0.1) is 4.77 Å². The zero-order valence-corrected chi connectivity index (χ0v) is 9.55. The number of hydrogen-bond donors (Lipinski definition) is 1. The van der Waals surface area contributed by atoms with Crippen LogP contribution in [-0.2, 0) is 6.54 Å². The van der Waals surface area contributed by atoms with Gasteiger partial charge in [0.05, 0.1) is 5.69 Å². The second-order valence-corrected chi connectivity index (χ2v) is 3.88. The fraction of sp³-hybridized carbons (Fsp3) is 0.250. The number of aromatic amines is 1. The fourth-order valence-electron chi connectivity index (χ4n) is 1.69. The summed E-state index contributed by atoms with van der Waals surface area (Å²) in [5.74, 6) is 0. The first kappa shape index (κ1) is 10.2. The van der Waals surface area contributed by atoms with Crippen molar-refractivity contribution in [3.05, 3.63) is 41.3 Å². The van der Waals surface area contributed by atoms with Crippen LogP contribution in [-0.4, -0.2) is 9.55 Å². The van der Waals surface area contributed by atoms with Gasteiger partial charge in [0.2, 0.25) is 0 Å². The summed E-state index contributed by atoms with van der Waals surface area (Å²) in [5.41, 5.74) is 2.38. The van der Waals surface area contributed by atoms with Crippen molar-refractivity contribution in [3.8, 4) is 11.3 Å². The average molecular weight is 218 g/mol. The molecule has 0 aliphatic carbocycles. The summed E-state index contributed by atoms with van der Waals surface area (Å²) >= 11 is 5.25. The Kier molecular flexibility index (Phi) is 3.02. The van der Waals surface area contributed by atoms with Crippen molar-refractivity contribution in [1.82, 2.24) is 9.55 Å². The molecule has 0 amide bonds. The zero-order valence-electron chi connectivity index (χ0n) is 8.73. The van der Waals surface area contributed by atoms with E-state index in [1.807, 2.05) is 24.4 Å². The largest absolute Gasteiger partial charge is 0.337 e. The van der Waals surface area contributed by atoms with Crippen LogP contribution in [0.15, 0.2) is 36.5 Å². The minimum atomic E-state index is 0.802. The molecule has 0 aliphatic rings. The molecule has 1 heterocycles. The lowest BCUT2D eigenvalue weighted by molar-refractivity contribution is 0.676. The SMILES string of the molecule is CCCn1c(-c2ccccc2)c[nH]c1=S. The zero-order chi connectivity index (χ0) is 10.7. The topological polar surface area (TPSA) is 20.7 Å². The van der Waals surface area contributed by atoms with Gasteiger partial charge in [-0.05, 0) is 24.2 Å². The van der Waals surface area contributed by atoms with Gasteiger partial charge in [-0.25, -0.2) is 0 Å². The first-order valence-corrected chi connectivity index (χ1v) is 5.57. The van der Waals surface area contributed by atoms with E-state index in [2.05, 4.69) is 28.6 Å². The van der Waals surface area contributed by atoms with Crippen LogP contribution in [0.5, 0.6) is 0 Å². The molecule has 15 heavy (non-hydrogen) atoms. The fourth-order valence-corrected chi connectivity index (χ4v) is 1.94. The molecule has 0 atom stereocenters. The first-order valence-electron chi connectivity index (χ1n) is 5.16. The van der Waals surface area contributed by atoms with Crippen molar-refractivity contribution in [3.63, 3.8) is 0 Å². The van der Waals surface area contributed by atoms with E-state index < -0.39 is 0 Å². The molecule has 2 aromatic rings. The van der Waals surface area contributed by atoms with E-state index in [0.29, 0.717) is 0 Å². The molecule has 2 rings (SSSR count). The number of benzene rings is 1. The number of rotatable bonds is 3. The van der Waals surface area contributed by atoms with Crippen molar-refractivity contribution in [1.29, 1.82) is 0 Å². The molecular weight excluding hydrogens is 204 g/mol. The van der Waals surface area contributed by atoms with E-state index in [4.69, 9.17) is 12.2 Å². The minimum Gasteiger partial charge on any atom is -0.337 e. The minimum absolute atomic E-state index is 0.802. The van der Waals surface area contributed by atoms with Crippen molar-refractivity contribution < 1.29 is 0 Å². The van der Waals surface area contributed by atoms with Gasteiger partial charge in [-0.2, -0.15) is 0 Å².